The van der Waals surface area contributed by atoms with Crippen molar-refractivity contribution < 1.29 is 0 Å². The first kappa shape index (κ1) is 15.5. The van der Waals surface area contributed by atoms with Gasteiger partial charge in [0.05, 0.1) is 0 Å². The molecule has 0 saturated heterocycles. The van der Waals surface area contributed by atoms with Crippen molar-refractivity contribution in [3.63, 3.8) is 0 Å². The maximum atomic E-state index is 3.88. The molecule has 0 bridgehead atoms. The van der Waals surface area contributed by atoms with E-state index in [1.54, 1.807) is 5.57 Å². The molecule has 0 amide bonds. The smallest absolute Gasteiger partial charge is 0.0235 e. The van der Waals surface area contributed by atoms with Gasteiger partial charge in [0.25, 0.3) is 0 Å². The summed E-state index contributed by atoms with van der Waals surface area (Å²) >= 11 is 0. The van der Waals surface area contributed by atoms with Crippen molar-refractivity contribution in [2.45, 2.75) is 66.2 Å². The molecule has 0 aliphatic rings. The number of hydrogen-bond acceptors (Lipinski definition) is 0. The molecule has 94 valence electrons. The second-order valence-electron chi connectivity index (χ2n) is 4.97. The van der Waals surface area contributed by atoms with E-state index >= 15 is 0 Å². The number of allylic oxidation sites excluding steroid dienone is 3. The van der Waals surface area contributed by atoms with Crippen molar-refractivity contribution in [2.24, 2.45) is 11.8 Å². The molecule has 0 saturated carbocycles. The Hall–Kier alpha value is -0.520. The van der Waals surface area contributed by atoms with Gasteiger partial charge in [0.2, 0.25) is 0 Å². The lowest BCUT2D eigenvalue weighted by Gasteiger charge is -2.11. The van der Waals surface area contributed by atoms with E-state index in [9.17, 15) is 0 Å². The van der Waals surface area contributed by atoms with E-state index in [0.29, 0.717) is 0 Å². The second kappa shape index (κ2) is 9.69. The number of unbranched alkanes of at least 4 members (excludes halogenated alkanes) is 1. The molecule has 0 aliphatic heterocycles. The molecule has 0 spiro atoms. The molecule has 16 heavy (non-hydrogen) atoms. The number of hydrogen-bond donors (Lipinski definition) is 0. The number of rotatable bonds is 9. The molecular formula is C16H30. The Kier molecular flexibility index (Phi) is 9.37. The van der Waals surface area contributed by atoms with Gasteiger partial charge in [-0.3, -0.25) is 0 Å². The van der Waals surface area contributed by atoms with Crippen LogP contribution >= 0.6 is 0 Å². The zero-order valence-electron chi connectivity index (χ0n) is 11.8. The summed E-state index contributed by atoms with van der Waals surface area (Å²) in [5.41, 5.74) is 1.58. The van der Waals surface area contributed by atoms with Crippen molar-refractivity contribution in [1.82, 2.24) is 0 Å². The third-order valence-electron chi connectivity index (χ3n) is 3.60. The van der Waals surface area contributed by atoms with E-state index < -0.39 is 0 Å². The highest BCUT2D eigenvalue weighted by Gasteiger charge is 2.03. The fourth-order valence-corrected chi connectivity index (χ4v) is 2.06. The normalized spacial score (nSPS) is 15.9. The molecule has 0 heterocycles. The second-order valence-corrected chi connectivity index (χ2v) is 4.97. The molecule has 0 rings (SSSR count). The van der Waals surface area contributed by atoms with Crippen LogP contribution in [-0.4, -0.2) is 0 Å². The highest BCUT2D eigenvalue weighted by Crippen LogP contribution is 2.18. The fourth-order valence-electron chi connectivity index (χ4n) is 2.06. The van der Waals surface area contributed by atoms with Gasteiger partial charge >= 0.3 is 0 Å². The van der Waals surface area contributed by atoms with Crippen LogP contribution in [0.5, 0.6) is 0 Å². The zero-order valence-corrected chi connectivity index (χ0v) is 11.8. The maximum absolute atomic E-state index is 3.88. The van der Waals surface area contributed by atoms with E-state index in [2.05, 4.69) is 46.4 Å². The Morgan fingerprint density at radius 3 is 2.44 bits per heavy atom. The Morgan fingerprint density at radius 1 is 1.25 bits per heavy atom. The molecule has 0 aliphatic carbocycles. The van der Waals surface area contributed by atoms with Gasteiger partial charge in [0, 0.05) is 0 Å². The summed E-state index contributed by atoms with van der Waals surface area (Å²) in [6.07, 6.45) is 12.2. The first-order valence-electron chi connectivity index (χ1n) is 6.94. The zero-order chi connectivity index (χ0) is 12.4. The molecule has 0 fully saturated rings. The monoisotopic (exact) mass is 222 g/mol. The maximum Gasteiger partial charge on any atom is -0.0235 e. The summed E-state index contributed by atoms with van der Waals surface area (Å²) in [5, 5.41) is 0. The van der Waals surface area contributed by atoms with Crippen LogP contribution in [0.15, 0.2) is 24.3 Å². The average molecular weight is 222 g/mol. The predicted octanol–water partition coefficient (Wildman–Crippen LogP) is 5.75. The summed E-state index contributed by atoms with van der Waals surface area (Å²) in [6.45, 7) is 13.0. The topological polar surface area (TPSA) is 0 Å². The Balaban J connectivity index is 3.77. The van der Waals surface area contributed by atoms with E-state index in [1.165, 1.54) is 38.5 Å². The van der Waals surface area contributed by atoms with E-state index in [1.807, 2.05) is 0 Å². The molecule has 2 atom stereocenters. The van der Waals surface area contributed by atoms with Gasteiger partial charge in [0.15, 0.2) is 0 Å². The van der Waals surface area contributed by atoms with Gasteiger partial charge in [-0.1, -0.05) is 44.9 Å². The predicted molar refractivity (Wildman–Crippen MR) is 75.7 cm³/mol. The van der Waals surface area contributed by atoms with Crippen LogP contribution < -0.4 is 0 Å². The van der Waals surface area contributed by atoms with Crippen LogP contribution in [-0.2, 0) is 0 Å². The van der Waals surface area contributed by atoms with Crippen molar-refractivity contribution in [1.29, 1.82) is 0 Å². The first-order chi connectivity index (χ1) is 7.65. The summed E-state index contributed by atoms with van der Waals surface area (Å²) in [4.78, 5) is 0. The quantitative estimate of drug-likeness (QED) is 0.344. The van der Waals surface area contributed by atoms with Crippen LogP contribution in [0.25, 0.3) is 0 Å². The molecule has 0 heteroatoms. The third-order valence-corrected chi connectivity index (χ3v) is 3.60. The van der Waals surface area contributed by atoms with Crippen molar-refractivity contribution in [3.8, 4) is 0 Å². The van der Waals surface area contributed by atoms with Crippen molar-refractivity contribution in [3.05, 3.63) is 24.3 Å². The fraction of sp³-hybridized carbons (Fsp3) is 0.750. The minimum absolute atomic E-state index is 0.724. The molecular weight excluding hydrogens is 192 g/mol. The molecule has 0 nitrogen and oxygen atoms in total. The summed E-state index contributed by atoms with van der Waals surface area (Å²) < 4.78 is 0. The molecule has 2 unspecified atom stereocenters. The van der Waals surface area contributed by atoms with Crippen LogP contribution in [0.2, 0.25) is 0 Å². The minimum atomic E-state index is 0.724. The van der Waals surface area contributed by atoms with Gasteiger partial charge in [-0.25, -0.2) is 0 Å². The molecule has 0 radical (unpaired) electrons. The lowest BCUT2D eigenvalue weighted by Crippen LogP contribution is -1.96. The van der Waals surface area contributed by atoms with E-state index in [-0.39, 0.29) is 0 Å². The lowest BCUT2D eigenvalue weighted by atomic mass is 9.95. The van der Waals surface area contributed by atoms with Gasteiger partial charge in [-0.15, -0.1) is 6.58 Å². The molecule has 0 aromatic rings. The lowest BCUT2D eigenvalue weighted by molar-refractivity contribution is 0.546. The summed E-state index contributed by atoms with van der Waals surface area (Å²) in [7, 11) is 0. The SMILES string of the molecule is C=CC(CC)CCCC=C(C)C(C)CCC. The molecule has 0 N–H and O–H groups in total. The van der Waals surface area contributed by atoms with Crippen LogP contribution in [0.4, 0.5) is 0 Å². The van der Waals surface area contributed by atoms with Crippen LogP contribution in [0.3, 0.4) is 0 Å². The first-order valence-corrected chi connectivity index (χ1v) is 6.94. The van der Waals surface area contributed by atoms with Crippen LogP contribution in [0.1, 0.15) is 66.2 Å². The van der Waals surface area contributed by atoms with Crippen molar-refractivity contribution in [2.75, 3.05) is 0 Å². The van der Waals surface area contributed by atoms with Gasteiger partial charge in [-0.2, -0.15) is 0 Å². The largest absolute Gasteiger partial charge is 0.103 e. The Morgan fingerprint density at radius 2 is 1.94 bits per heavy atom. The van der Waals surface area contributed by atoms with Gasteiger partial charge in [-0.05, 0) is 50.9 Å². The summed E-state index contributed by atoms with van der Waals surface area (Å²) in [6, 6.07) is 0. The Bertz CT molecular complexity index is 200. The molecule has 0 aromatic carbocycles. The van der Waals surface area contributed by atoms with Gasteiger partial charge in [0.1, 0.15) is 0 Å². The minimum Gasteiger partial charge on any atom is -0.103 e. The standard InChI is InChI=1S/C16H30/c1-6-11-14(4)15(5)12-9-10-13-16(7-2)8-3/h7,12,14,16H,2,6,8-11,13H2,1,3-5H3. The Labute approximate surface area is 103 Å². The highest BCUT2D eigenvalue weighted by atomic mass is 14.1. The molecule has 0 aromatic heterocycles. The highest BCUT2D eigenvalue weighted by molar-refractivity contribution is 5.01. The van der Waals surface area contributed by atoms with Crippen LogP contribution in [0, 0.1) is 11.8 Å². The third kappa shape index (κ3) is 6.87. The average Bonchev–Trinajstić information content (AvgIpc) is 2.29. The van der Waals surface area contributed by atoms with Crippen molar-refractivity contribution >= 4 is 0 Å². The van der Waals surface area contributed by atoms with Gasteiger partial charge < -0.3 is 0 Å². The van der Waals surface area contributed by atoms with E-state index in [4.69, 9.17) is 0 Å². The summed E-state index contributed by atoms with van der Waals surface area (Å²) in [5.74, 6) is 1.49. The van der Waals surface area contributed by atoms with E-state index in [0.717, 1.165) is 11.8 Å².